The van der Waals surface area contributed by atoms with Gasteiger partial charge in [0.2, 0.25) is 10.0 Å². The Bertz CT molecular complexity index is 519. The molecular formula is C7H6BrFN2O4S. The van der Waals surface area contributed by atoms with Gasteiger partial charge in [-0.05, 0) is 6.07 Å². The van der Waals surface area contributed by atoms with E-state index in [1.807, 2.05) is 4.72 Å². The van der Waals surface area contributed by atoms with Gasteiger partial charge in [0, 0.05) is 12.1 Å². The highest BCUT2D eigenvalue weighted by Crippen LogP contribution is 2.22. The number of nitrogens with zero attached hydrogens (tertiary/aromatic N) is 1. The predicted octanol–water partition coefficient (Wildman–Crippen LogP) is 1.83. The summed E-state index contributed by atoms with van der Waals surface area (Å²) in [7, 11) is -3.73. The first-order chi connectivity index (χ1) is 7.35. The van der Waals surface area contributed by atoms with Crippen molar-refractivity contribution in [2.45, 2.75) is 0 Å². The Kier molecular flexibility index (Phi) is 3.81. The largest absolute Gasteiger partial charge is 0.280 e. The van der Waals surface area contributed by atoms with Gasteiger partial charge in [0.25, 0.3) is 5.69 Å². The lowest BCUT2D eigenvalue weighted by molar-refractivity contribution is -0.384. The Morgan fingerprint density at radius 3 is 2.62 bits per heavy atom. The molecule has 0 fully saturated rings. The monoisotopic (exact) mass is 312 g/mol. The van der Waals surface area contributed by atoms with Crippen LogP contribution in [0.25, 0.3) is 0 Å². The smallest absolute Gasteiger partial charge is 0.271 e. The maximum atomic E-state index is 13.1. The van der Waals surface area contributed by atoms with Gasteiger partial charge in [-0.2, -0.15) is 0 Å². The van der Waals surface area contributed by atoms with Crippen LogP contribution in [0.1, 0.15) is 0 Å². The summed E-state index contributed by atoms with van der Waals surface area (Å²) in [5.74, 6) is -0.880. The van der Waals surface area contributed by atoms with Crippen LogP contribution in [0, 0.1) is 15.9 Å². The van der Waals surface area contributed by atoms with Gasteiger partial charge in [-0.3, -0.25) is 14.8 Å². The number of hydrogen-bond acceptors (Lipinski definition) is 4. The number of nitrogens with one attached hydrogen (secondary N) is 1. The van der Waals surface area contributed by atoms with Gasteiger partial charge < -0.3 is 0 Å². The lowest BCUT2D eigenvalue weighted by atomic mass is 10.3. The van der Waals surface area contributed by atoms with Crippen molar-refractivity contribution in [3.63, 3.8) is 0 Å². The van der Waals surface area contributed by atoms with E-state index in [9.17, 15) is 22.9 Å². The van der Waals surface area contributed by atoms with Gasteiger partial charge in [-0.15, -0.1) is 0 Å². The average molecular weight is 313 g/mol. The Hall–Kier alpha value is -1.22. The molecule has 0 aliphatic heterocycles. The minimum atomic E-state index is -3.73. The number of anilines is 1. The van der Waals surface area contributed by atoms with Gasteiger partial charge in [-0.1, -0.05) is 15.9 Å². The van der Waals surface area contributed by atoms with E-state index in [0.29, 0.717) is 0 Å². The highest BCUT2D eigenvalue weighted by Gasteiger charge is 2.15. The Balaban J connectivity index is 3.13. The van der Waals surface area contributed by atoms with Gasteiger partial charge in [0.05, 0.1) is 10.6 Å². The van der Waals surface area contributed by atoms with Gasteiger partial charge >= 0.3 is 0 Å². The van der Waals surface area contributed by atoms with Crippen molar-refractivity contribution in [1.29, 1.82) is 0 Å². The molecular weight excluding hydrogens is 307 g/mol. The zero-order chi connectivity index (χ0) is 12.3. The fourth-order valence-electron chi connectivity index (χ4n) is 0.900. The SMILES string of the molecule is O=[N+]([O-])c1ccc(F)c(NS(=O)(=O)CBr)c1. The molecule has 0 aromatic heterocycles. The molecule has 6 nitrogen and oxygen atoms in total. The number of nitro benzene ring substituents is 1. The molecule has 1 N–H and O–H groups in total. The average Bonchev–Trinajstić information content (AvgIpc) is 2.21. The van der Waals surface area contributed by atoms with Crippen molar-refractivity contribution < 1.29 is 17.7 Å². The summed E-state index contributed by atoms with van der Waals surface area (Å²) in [6.45, 7) is 0. The molecule has 16 heavy (non-hydrogen) atoms. The van der Waals surface area contributed by atoms with E-state index in [0.717, 1.165) is 18.2 Å². The van der Waals surface area contributed by atoms with Crippen LogP contribution in [0.15, 0.2) is 18.2 Å². The molecule has 0 aliphatic rings. The zero-order valence-corrected chi connectivity index (χ0v) is 10.1. The van der Waals surface area contributed by atoms with Crippen LogP contribution in [0.2, 0.25) is 0 Å². The number of nitro groups is 1. The summed E-state index contributed by atoms with van der Waals surface area (Å²) in [6, 6.07) is 2.58. The van der Waals surface area contributed by atoms with Crippen molar-refractivity contribution in [2.24, 2.45) is 0 Å². The fourth-order valence-corrected chi connectivity index (χ4v) is 1.79. The molecule has 0 saturated heterocycles. The van der Waals surface area contributed by atoms with Crippen molar-refractivity contribution in [1.82, 2.24) is 0 Å². The van der Waals surface area contributed by atoms with Crippen LogP contribution in [-0.2, 0) is 10.0 Å². The van der Waals surface area contributed by atoms with Crippen molar-refractivity contribution in [3.8, 4) is 0 Å². The van der Waals surface area contributed by atoms with Gasteiger partial charge in [-0.25, -0.2) is 12.8 Å². The van der Waals surface area contributed by atoms with E-state index in [1.54, 1.807) is 0 Å². The summed E-state index contributed by atoms with van der Waals surface area (Å²) in [5.41, 5.74) is -0.845. The molecule has 0 radical (unpaired) electrons. The predicted molar refractivity (Wildman–Crippen MR) is 59.4 cm³/mol. The first-order valence-corrected chi connectivity index (χ1v) is 6.63. The fraction of sp³-hybridized carbons (Fsp3) is 0.143. The van der Waals surface area contributed by atoms with Crippen LogP contribution >= 0.6 is 15.9 Å². The Labute approximate surface area is 98.8 Å². The molecule has 0 bridgehead atoms. The minimum Gasteiger partial charge on any atom is -0.280 e. The summed E-state index contributed by atoms with van der Waals surface area (Å²) < 4.78 is 36.8. The Morgan fingerprint density at radius 1 is 1.50 bits per heavy atom. The summed E-state index contributed by atoms with van der Waals surface area (Å²) in [4.78, 5) is 9.65. The number of sulfonamides is 1. The first kappa shape index (κ1) is 12.8. The molecule has 0 saturated carbocycles. The van der Waals surface area contributed by atoms with Crippen LogP contribution in [0.3, 0.4) is 0 Å². The topological polar surface area (TPSA) is 89.3 Å². The van der Waals surface area contributed by atoms with E-state index in [4.69, 9.17) is 0 Å². The molecule has 9 heteroatoms. The maximum Gasteiger partial charge on any atom is 0.271 e. The molecule has 0 heterocycles. The molecule has 0 amide bonds. The number of rotatable bonds is 4. The third kappa shape index (κ3) is 3.14. The van der Waals surface area contributed by atoms with E-state index in [2.05, 4.69) is 15.9 Å². The van der Waals surface area contributed by atoms with Crippen LogP contribution in [0.4, 0.5) is 15.8 Å². The molecule has 0 unspecified atom stereocenters. The third-order valence-electron chi connectivity index (χ3n) is 1.57. The van der Waals surface area contributed by atoms with Gasteiger partial charge in [0.1, 0.15) is 10.5 Å². The molecule has 1 aromatic rings. The molecule has 1 rings (SSSR count). The Morgan fingerprint density at radius 2 is 2.12 bits per heavy atom. The maximum absolute atomic E-state index is 13.1. The minimum absolute atomic E-state index is 0.395. The summed E-state index contributed by atoms with van der Waals surface area (Å²) in [6.07, 6.45) is 0. The van der Waals surface area contributed by atoms with Crippen molar-refractivity contribution in [2.75, 3.05) is 9.38 Å². The summed E-state index contributed by atoms with van der Waals surface area (Å²) >= 11 is 2.69. The lowest BCUT2D eigenvalue weighted by Gasteiger charge is -2.05. The number of alkyl halides is 1. The molecule has 0 atom stereocenters. The van der Waals surface area contributed by atoms with E-state index < -0.39 is 36.8 Å². The standard InChI is InChI=1S/C7H6BrFN2O4S/c8-4-16(14,15)10-7-3-5(11(12)13)1-2-6(7)9/h1-3,10H,4H2. The second kappa shape index (κ2) is 4.74. The number of hydrogen-bond donors (Lipinski definition) is 1. The first-order valence-electron chi connectivity index (χ1n) is 3.86. The lowest BCUT2D eigenvalue weighted by Crippen LogP contribution is -2.14. The van der Waals surface area contributed by atoms with E-state index in [-0.39, 0.29) is 0 Å². The van der Waals surface area contributed by atoms with Gasteiger partial charge in [0.15, 0.2) is 0 Å². The van der Waals surface area contributed by atoms with Crippen molar-refractivity contribution >= 4 is 37.3 Å². The van der Waals surface area contributed by atoms with E-state index in [1.165, 1.54) is 0 Å². The summed E-state index contributed by atoms with van der Waals surface area (Å²) in [5, 5.41) is 10.4. The number of benzene rings is 1. The third-order valence-corrected chi connectivity index (χ3v) is 4.20. The molecule has 0 aliphatic carbocycles. The van der Waals surface area contributed by atoms with Crippen LogP contribution in [-0.4, -0.2) is 18.0 Å². The highest BCUT2D eigenvalue weighted by atomic mass is 79.9. The van der Waals surface area contributed by atoms with Crippen LogP contribution < -0.4 is 4.72 Å². The van der Waals surface area contributed by atoms with Crippen LogP contribution in [0.5, 0.6) is 0 Å². The van der Waals surface area contributed by atoms with E-state index >= 15 is 0 Å². The number of halogens is 2. The zero-order valence-electron chi connectivity index (χ0n) is 7.68. The molecule has 1 aromatic carbocycles. The normalized spacial score (nSPS) is 11.1. The van der Waals surface area contributed by atoms with Crippen molar-refractivity contribution in [3.05, 3.63) is 34.1 Å². The second-order valence-corrected chi connectivity index (χ2v) is 5.77. The second-order valence-electron chi connectivity index (χ2n) is 2.75. The number of non-ortho nitro benzene ring substituents is 1. The molecule has 88 valence electrons. The molecule has 0 spiro atoms. The highest BCUT2D eigenvalue weighted by molar-refractivity contribution is 9.10. The quantitative estimate of drug-likeness (QED) is 0.522.